The predicted octanol–water partition coefficient (Wildman–Crippen LogP) is 17.1. The lowest BCUT2D eigenvalue weighted by Crippen LogP contribution is -2.17. The average Bonchev–Trinajstić information content (AvgIpc) is 3.47. The minimum Gasteiger partial charge on any atom is -0.455 e. The second-order valence-corrected chi connectivity index (χ2v) is 17.3. The van der Waals surface area contributed by atoms with Crippen LogP contribution >= 0.6 is 0 Å². The van der Waals surface area contributed by atoms with Crippen LogP contribution in [0.5, 0.6) is 11.5 Å². The van der Waals surface area contributed by atoms with Gasteiger partial charge in [-0.2, -0.15) is 0 Å². The van der Waals surface area contributed by atoms with Crippen molar-refractivity contribution in [3.63, 3.8) is 0 Å². The lowest BCUT2D eigenvalue weighted by Gasteiger charge is -2.31. The van der Waals surface area contributed by atoms with Crippen molar-refractivity contribution >= 4 is 27.8 Å². The Kier molecular flexibility index (Phi) is 8.55. The SMILES string of the molecule is CC1(C)c2ccccc2-c2ccc(N(c3cc(-c4ccccc4)cc(-c4ccccc4)c3)c3cc4c(c5ccccc35)Oc3ccccc3-c3cc(-c5ccccc5)ccc3-4)cc21. The first-order valence-electron chi connectivity index (χ1n) is 21.8. The maximum Gasteiger partial charge on any atom is 0.143 e. The lowest BCUT2D eigenvalue weighted by molar-refractivity contribution is 0.493. The molecule has 10 aromatic rings. The number of nitrogens with zero attached hydrogens (tertiary/aromatic N) is 1. The van der Waals surface area contributed by atoms with Gasteiger partial charge in [0.2, 0.25) is 0 Å². The molecule has 0 bridgehead atoms. The van der Waals surface area contributed by atoms with Crippen molar-refractivity contribution in [3.8, 4) is 78.3 Å². The van der Waals surface area contributed by atoms with Gasteiger partial charge in [-0.05, 0) is 115 Å². The highest BCUT2D eigenvalue weighted by Gasteiger charge is 2.36. The van der Waals surface area contributed by atoms with Gasteiger partial charge in [0.05, 0.1) is 5.69 Å². The second-order valence-electron chi connectivity index (χ2n) is 17.3. The average molecular weight is 806 g/mol. The van der Waals surface area contributed by atoms with Crippen LogP contribution in [0.1, 0.15) is 25.0 Å². The highest BCUT2D eigenvalue weighted by molar-refractivity contribution is 6.09. The van der Waals surface area contributed by atoms with Gasteiger partial charge in [-0.1, -0.05) is 190 Å². The van der Waals surface area contributed by atoms with Gasteiger partial charge in [0.1, 0.15) is 11.5 Å². The fourth-order valence-electron chi connectivity index (χ4n) is 10.1. The molecule has 0 unspecified atom stereocenters. The van der Waals surface area contributed by atoms with E-state index in [1.165, 1.54) is 44.5 Å². The number of ether oxygens (including phenoxy) is 1. The maximum absolute atomic E-state index is 7.15. The molecule has 0 atom stereocenters. The van der Waals surface area contributed by atoms with Gasteiger partial charge in [-0.15, -0.1) is 0 Å². The molecule has 0 amide bonds. The summed E-state index contributed by atoms with van der Waals surface area (Å²) >= 11 is 0. The van der Waals surface area contributed by atoms with Gasteiger partial charge in [-0.3, -0.25) is 0 Å². The van der Waals surface area contributed by atoms with Crippen molar-refractivity contribution in [2.45, 2.75) is 19.3 Å². The van der Waals surface area contributed by atoms with Crippen LogP contribution in [0, 0.1) is 0 Å². The Balaban J connectivity index is 1.16. The van der Waals surface area contributed by atoms with Crippen LogP contribution in [0.15, 0.2) is 224 Å². The van der Waals surface area contributed by atoms with E-state index in [2.05, 4.69) is 243 Å². The van der Waals surface area contributed by atoms with Crippen molar-refractivity contribution < 1.29 is 4.74 Å². The molecule has 2 nitrogen and oxygen atoms in total. The Labute approximate surface area is 369 Å². The van der Waals surface area contributed by atoms with Crippen LogP contribution in [0.25, 0.3) is 77.5 Å². The molecule has 2 heteroatoms. The highest BCUT2D eigenvalue weighted by Crippen LogP contribution is 2.55. The molecule has 0 saturated carbocycles. The first-order chi connectivity index (χ1) is 31.0. The minimum absolute atomic E-state index is 0.181. The van der Waals surface area contributed by atoms with Crippen LogP contribution < -0.4 is 9.64 Å². The number of hydrogen-bond acceptors (Lipinski definition) is 2. The number of fused-ring (bicyclic) bond motifs is 10. The summed E-state index contributed by atoms with van der Waals surface area (Å²) in [5.74, 6) is 1.71. The molecule has 0 N–H and O–H groups in total. The molecule has 1 heterocycles. The molecule has 0 spiro atoms. The molecule has 298 valence electrons. The molecular formula is C61H43NO. The number of benzene rings is 10. The van der Waals surface area contributed by atoms with E-state index in [4.69, 9.17) is 4.74 Å². The van der Waals surface area contributed by atoms with E-state index in [1.54, 1.807) is 0 Å². The van der Waals surface area contributed by atoms with Gasteiger partial charge >= 0.3 is 0 Å². The third kappa shape index (κ3) is 6.09. The second kappa shape index (κ2) is 14.6. The Morgan fingerprint density at radius 3 is 1.59 bits per heavy atom. The third-order valence-corrected chi connectivity index (χ3v) is 13.2. The number of anilines is 3. The molecule has 0 radical (unpaired) electrons. The van der Waals surface area contributed by atoms with Crippen molar-refractivity contribution in [2.24, 2.45) is 0 Å². The monoisotopic (exact) mass is 805 g/mol. The standard InChI is InChI=1S/C61H43NO/c1-61(2)56-28-16-14-24-49(56)50-33-31-46(38-57(50)61)62(47-35-44(41-20-8-4-9-21-41)34-45(36-47)42-22-10-5-11-23-42)58-39-55-48-32-30-43(40-18-6-3-7-19-40)37-54(48)52-26-15-17-29-59(52)63-60(55)53-27-13-12-25-51(53)58/h3-39H,1-2H3. The Hall–Kier alpha value is -7.94. The van der Waals surface area contributed by atoms with E-state index >= 15 is 0 Å². The summed E-state index contributed by atoms with van der Waals surface area (Å²) in [4.78, 5) is 2.50. The largest absolute Gasteiger partial charge is 0.455 e. The predicted molar refractivity (Wildman–Crippen MR) is 263 cm³/mol. The molecule has 12 rings (SSSR count). The van der Waals surface area contributed by atoms with Crippen molar-refractivity contribution in [3.05, 3.63) is 236 Å². The molecule has 2 aliphatic rings. The summed E-state index contributed by atoms with van der Waals surface area (Å²) in [7, 11) is 0. The molecule has 63 heavy (non-hydrogen) atoms. The first kappa shape index (κ1) is 36.9. The zero-order chi connectivity index (χ0) is 42.1. The molecular weight excluding hydrogens is 763 g/mol. The smallest absolute Gasteiger partial charge is 0.143 e. The zero-order valence-corrected chi connectivity index (χ0v) is 35.2. The summed E-state index contributed by atoms with van der Waals surface area (Å²) in [5, 5.41) is 2.16. The van der Waals surface area contributed by atoms with Gasteiger partial charge < -0.3 is 9.64 Å². The molecule has 0 saturated heterocycles. The zero-order valence-electron chi connectivity index (χ0n) is 35.2. The third-order valence-electron chi connectivity index (χ3n) is 13.2. The fraction of sp³-hybridized carbons (Fsp3) is 0.0492. The fourth-order valence-corrected chi connectivity index (χ4v) is 10.1. The van der Waals surface area contributed by atoms with Gasteiger partial charge in [0, 0.05) is 38.7 Å². The van der Waals surface area contributed by atoms with Crippen molar-refractivity contribution in [2.75, 3.05) is 4.90 Å². The molecule has 10 aromatic carbocycles. The first-order valence-corrected chi connectivity index (χ1v) is 21.8. The van der Waals surface area contributed by atoms with Gasteiger partial charge in [0.25, 0.3) is 0 Å². The summed E-state index contributed by atoms with van der Waals surface area (Å²) in [6, 6.07) is 81.7. The molecule has 0 fully saturated rings. The number of hydrogen-bond donors (Lipinski definition) is 0. The Bertz CT molecular complexity index is 3330. The van der Waals surface area contributed by atoms with Crippen molar-refractivity contribution in [1.29, 1.82) is 0 Å². The van der Waals surface area contributed by atoms with E-state index in [0.717, 1.165) is 72.7 Å². The minimum atomic E-state index is -0.181. The summed E-state index contributed by atoms with van der Waals surface area (Å²) in [5.41, 5.74) is 19.8. The van der Waals surface area contributed by atoms with E-state index in [0.29, 0.717) is 0 Å². The van der Waals surface area contributed by atoms with E-state index < -0.39 is 0 Å². The van der Waals surface area contributed by atoms with Crippen molar-refractivity contribution in [1.82, 2.24) is 0 Å². The van der Waals surface area contributed by atoms with E-state index in [-0.39, 0.29) is 5.41 Å². The van der Waals surface area contributed by atoms with Crippen LogP contribution in [-0.2, 0) is 5.41 Å². The van der Waals surface area contributed by atoms with Crippen LogP contribution in [0.4, 0.5) is 17.1 Å². The topological polar surface area (TPSA) is 12.5 Å². The molecule has 0 aromatic heterocycles. The van der Waals surface area contributed by atoms with Gasteiger partial charge in [-0.25, -0.2) is 0 Å². The quantitative estimate of drug-likeness (QED) is 0.166. The molecule has 1 aliphatic heterocycles. The summed E-state index contributed by atoms with van der Waals surface area (Å²) in [6.07, 6.45) is 0. The van der Waals surface area contributed by atoms with Crippen LogP contribution in [0.3, 0.4) is 0 Å². The van der Waals surface area contributed by atoms with E-state index in [1.807, 2.05) is 0 Å². The number of rotatable bonds is 6. The van der Waals surface area contributed by atoms with Crippen LogP contribution in [0.2, 0.25) is 0 Å². The van der Waals surface area contributed by atoms with Crippen LogP contribution in [-0.4, -0.2) is 0 Å². The maximum atomic E-state index is 7.15. The normalized spacial score (nSPS) is 12.9. The number of para-hydroxylation sites is 1. The summed E-state index contributed by atoms with van der Waals surface area (Å²) < 4.78 is 7.15. The van der Waals surface area contributed by atoms with Gasteiger partial charge in [0.15, 0.2) is 0 Å². The summed E-state index contributed by atoms with van der Waals surface area (Å²) in [6.45, 7) is 4.73. The Morgan fingerprint density at radius 1 is 0.333 bits per heavy atom. The molecule has 1 aliphatic carbocycles. The highest BCUT2D eigenvalue weighted by atomic mass is 16.5. The Morgan fingerprint density at radius 2 is 0.889 bits per heavy atom. The lowest BCUT2D eigenvalue weighted by atomic mass is 9.82. The van der Waals surface area contributed by atoms with E-state index in [9.17, 15) is 0 Å².